The van der Waals surface area contributed by atoms with Crippen molar-refractivity contribution in [2.75, 3.05) is 0 Å². The smallest absolute Gasteiger partial charge is 0.309 e. The minimum absolute atomic E-state index is 0.512. The minimum Gasteiger partial charge on any atom is -0.481 e. The van der Waals surface area contributed by atoms with E-state index >= 15 is 0 Å². The molecule has 1 aromatic rings. The first-order valence-corrected chi connectivity index (χ1v) is 6.74. The zero-order chi connectivity index (χ0) is 13.2. The summed E-state index contributed by atoms with van der Waals surface area (Å²) in [6.45, 7) is 2.17. The van der Waals surface area contributed by atoms with Crippen LogP contribution in [0.3, 0.4) is 0 Å². The number of carboxylic acids is 1. The molecule has 0 bridgehead atoms. The molecule has 1 aliphatic carbocycles. The van der Waals surface area contributed by atoms with Crippen LogP contribution in [0.15, 0.2) is 12.3 Å². The van der Waals surface area contributed by atoms with Crippen LogP contribution < -0.4 is 0 Å². The molecule has 2 atom stereocenters. The highest BCUT2D eigenvalue weighted by Gasteiger charge is 2.41. The van der Waals surface area contributed by atoms with Crippen LogP contribution in [0.1, 0.15) is 44.7 Å². The molecule has 0 aromatic carbocycles. The molecule has 1 aromatic heterocycles. The lowest BCUT2D eigenvalue weighted by atomic mass is 9.67. The lowest BCUT2D eigenvalue weighted by Crippen LogP contribution is -2.36. The molecule has 1 heterocycles. The summed E-state index contributed by atoms with van der Waals surface area (Å²) in [5.41, 5.74) is 0.607. The Morgan fingerprint density at radius 3 is 3.00 bits per heavy atom. The van der Waals surface area contributed by atoms with Crippen molar-refractivity contribution in [3.8, 4) is 0 Å². The first kappa shape index (κ1) is 13.1. The quantitative estimate of drug-likeness (QED) is 0.893. The van der Waals surface area contributed by atoms with Gasteiger partial charge in [-0.05, 0) is 37.7 Å². The lowest BCUT2D eigenvalue weighted by molar-refractivity contribution is -0.152. The molecule has 4 nitrogen and oxygen atoms in total. The second-order valence-corrected chi connectivity index (χ2v) is 5.73. The molecule has 1 fully saturated rings. The fraction of sp³-hybridized carbons (Fsp3) is 0.714. The van der Waals surface area contributed by atoms with Gasteiger partial charge in [0.25, 0.3) is 0 Å². The Bertz CT molecular complexity index is 427. The van der Waals surface area contributed by atoms with Crippen molar-refractivity contribution in [1.29, 1.82) is 0 Å². The largest absolute Gasteiger partial charge is 0.481 e. The molecule has 2 rings (SSSR count). The number of hydrogen-bond donors (Lipinski definition) is 1. The summed E-state index contributed by atoms with van der Waals surface area (Å²) >= 11 is 0. The van der Waals surface area contributed by atoms with Crippen molar-refractivity contribution in [3.05, 3.63) is 18.0 Å². The molecule has 0 radical (unpaired) electrons. The summed E-state index contributed by atoms with van der Waals surface area (Å²) in [4.78, 5) is 11.6. The van der Waals surface area contributed by atoms with E-state index in [2.05, 4.69) is 12.0 Å². The monoisotopic (exact) mass is 250 g/mol. The SMILES string of the molecule is CC1CCCC(CCc2ccnn2C)(C(=O)O)C1. The highest BCUT2D eigenvalue weighted by Crippen LogP contribution is 2.42. The summed E-state index contributed by atoms with van der Waals surface area (Å²) in [6, 6.07) is 1.97. The third-order valence-corrected chi connectivity index (χ3v) is 4.33. The highest BCUT2D eigenvalue weighted by molar-refractivity contribution is 5.74. The molecule has 4 heteroatoms. The first-order valence-electron chi connectivity index (χ1n) is 6.74. The van der Waals surface area contributed by atoms with E-state index in [1.807, 2.05) is 17.8 Å². The Labute approximate surface area is 108 Å². The van der Waals surface area contributed by atoms with E-state index in [0.717, 1.165) is 37.8 Å². The summed E-state index contributed by atoms with van der Waals surface area (Å²) in [6.07, 6.45) is 7.15. The first-order chi connectivity index (χ1) is 8.53. The average Bonchev–Trinajstić information content (AvgIpc) is 2.72. The maximum Gasteiger partial charge on any atom is 0.309 e. The van der Waals surface area contributed by atoms with E-state index in [4.69, 9.17) is 0 Å². The van der Waals surface area contributed by atoms with Crippen LogP contribution in [0.2, 0.25) is 0 Å². The number of hydrogen-bond acceptors (Lipinski definition) is 2. The Morgan fingerprint density at radius 1 is 1.67 bits per heavy atom. The van der Waals surface area contributed by atoms with Crippen molar-refractivity contribution in [3.63, 3.8) is 0 Å². The van der Waals surface area contributed by atoms with Crippen LogP contribution in [0.5, 0.6) is 0 Å². The number of nitrogens with zero attached hydrogens (tertiary/aromatic N) is 2. The van der Waals surface area contributed by atoms with Crippen LogP contribution in [-0.2, 0) is 18.3 Å². The number of carbonyl (C=O) groups is 1. The Balaban J connectivity index is 2.07. The standard InChI is InChI=1S/C14H22N2O2/c1-11-4-3-7-14(10-11,13(17)18)8-5-12-6-9-15-16(12)2/h6,9,11H,3-5,7-8,10H2,1-2H3,(H,17,18). The molecular weight excluding hydrogens is 228 g/mol. The fourth-order valence-corrected chi connectivity index (χ4v) is 3.20. The van der Waals surface area contributed by atoms with Crippen LogP contribution >= 0.6 is 0 Å². The Kier molecular flexibility index (Phi) is 3.73. The van der Waals surface area contributed by atoms with Gasteiger partial charge in [-0.25, -0.2) is 0 Å². The van der Waals surface area contributed by atoms with E-state index in [-0.39, 0.29) is 0 Å². The van der Waals surface area contributed by atoms with E-state index in [0.29, 0.717) is 5.92 Å². The van der Waals surface area contributed by atoms with Crippen molar-refractivity contribution >= 4 is 5.97 Å². The molecule has 0 amide bonds. The molecular formula is C14H22N2O2. The maximum atomic E-state index is 11.6. The molecule has 0 spiro atoms. The average molecular weight is 250 g/mol. The topological polar surface area (TPSA) is 55.1 Å². The summed E-state index contributed by atoms with van der Waals surface area (Å²) in [5.74, 6) is -0.0856. The number of aliphatic carboxylic acids is 1. The van der Waals surface area contributed by atoms with Crippen LogP contribution in [0, 0.1) is 11.3 Å². The molecule has 100 valence electrons. The summed E-state index contributed by atoms with van der Waals surface area (Å²) in [5, 5.41) is 13.7. The van der Waals surface area contributed by atoms with Crippen LogP contribution in [0.25, 0.3) is 0 Å². The summed E-state index contributed by atoms with van der Waals surface area (Å²) < 4.78 is 1.84. The predicted octanol–water partition coefficient (Wildman–Crippen LogP) is 2.63. The van der Waals surface area contributed by atoms with Gasteiger partial charge in [-0.2, -0.15) is 5.10 Å². The molecule has 1 N–H and O–H groups in total. The van der Waals surface area contributed by atoms with Gasteiger partial charge < -0.3 is 5.11 Å². The van der Waals surface area contributed by atoms with Gasteiger partial charge in [-0.1, -0.05) is 19.8 Å². The Morgan fingerprint density at radius 2 is 2.44 bits per heavy atom. The highest BCUT2D eigenvalue weighted by atomic mass is 16.4. The lowest BCUT2D eigenvalue weighted by Gasteiger charge is -2.36. The van der Waals surface area contributed by atoms with E-state index in [9.17, 15) is 9.90 Å². The number of aryl methyl sites for hydroxylation is 2. The third kappa shape index (κ3) is 2.57. The van der Waals surface area contributed by atoms with Crippen molar-refractivity contribution in [2.45, 2.75) is 45.4 Å². The van der Waals surface area contributed by atoms with Crippen molar-refractivity contribution in [1.82, 2.24) is 9.78 Å². The number of rotatable bonds is 4. The van der Waals surface area contributed by atoms with E-state index < -0.39 is 11.4 Å². The van der Waals surface area contributed by atoms with E-state index in [1.54, 1.807) is 6.20 Å². The summed E-state index contributed by atoms with van der Waals surface area (Å²) in [7, 11) is 1.91. The van der Waals surface area contributed by atoms with Gasteiger partial charge in [0.15, 0.2) is 0 Å². The second kappa shape index (κ2) is 5.12. The molecule has 0 saturated heterocycles. The van der Waals surface area contributed by atoms with Gasteiger partial charge >= 0.3 is 5.97 Å². The van der Waals surface area contributed by atoms with Gasteiger partial charge in [-0.15, -0.1) is 0 Å². The third-order valence-electron chi connectivity index (χ3n) is 4.33. The molecule has 0 aliphatic heterocycles. The molecule has 2 unspecified atom stereocenters. The van der Waals surface area contributed by atoms with Crippen molar-refractivity contribution in [2.24, 2.45) is 18.4 Å². The molecule has 1 saturated carbocycles. The Hall–Kier alpha value is -1.32. The number of carboxylic acid groups (broad SMARTS) is 1. The van der Waals surface area contributed by atoms with Gasteiger partial charge in [0.2, 0.25) is 0 Å². The van der Waals surface area contributed by atoms with Gasteiger partial charge in [0.1, 0.15) is 0 Å². The predicted molar refractivity (Wildman–Crippen MR) is 69.2 cm³/mol. The molecule has 18 heavy (non-hydrogen) atoms. The van der Waals surface area contributed by atoms with E-state index in [1.165, 1.54) is 6.42 Å². The molecule has 1 aliphatic rings. The van der Waals surface area contributed by atoms with Crippen molar-refractivity contribution < 1.29 is 9.90 Å². The number of aromatic nitrogens is 2. The van der Waals surface area contributed by atoms with Gasteiger partial charge in [0.05, 0.1) is 5.41 Å². The van der Waals surface area contributed by atoms with Gasteiger partial charge in [-0.3, -0.25) is 9.48 Å². The normalized spacial score (nSPS) is 28.2. The zero-order valence-electron chi connectivity index (χ0n) is 11.2. The maximum absolute atomic E-state index is 11.6. The van der Waals surface area contributed by atoms with Crippen LogP contribution in [0.4, 0.5) is 0 Å². The minimum atomic E-state index is -0.615. The second-order valence-electron chi connectivity index (χ2n) is 5.73. The van der Waals surface area contributed by atoms with Crippen LogP contribution in [-0.4, -0.2) is 20.9 Å². The fourth-order valence-electron chi connectivity index (χ4n) is 3.20. The zero-order valence-corrected chi connectivity index (χ0v) is 11.2. The van der Waals surface area contributed by atoms with Gasteiger partial charge in [0, 0.05) is 18.9 Å².